The zero-order chi connectivity index (χ0) is 14.4. The van der Waals surface area contributed by atoms with Gasteiger partial charge in [0.25, 0.3) is 0 Å². The van der Waals surface area contributed by atoms with Gasteiger partial charge in [-0.3, -0.25) is 0 Å². The average molecular weight is 352 g/mol. The van der Waals surface area contributed by atoms with Crippen molar-refractivity contribution in [3.05, 3.63) is 40.6 Å². The highest BCUT2D eigenvalue weighted by Crippen LogP contribution is 2.32. The molecule has 2 aromatic rings. The summed E-state index contributed by atoms with van der Waals surface area (Å²) in [5.41, 5.74) is 1.19. The van der Waals surface area contributed by atoms with E-state index in [4.69, 9.17) is 0 Å². The third kappa shape index (κ3) is 3.96. The van der Waals surface area contributed by atoms with Gasteiger partial charge in [-0.15, -0.1) is 0 Å². The predicted octanol–water partition coefficient (Wildman–Crippen LogP) is 4.77. The molecule has 1 heterocycles. The molecule has 3 nitrogen and oxygen atoms in total. The first kappa shape index (κ1) is 15.3. The van der Waals surface area contributed by atoms with E-state index in [1.165, 1.54) is 10.5 Å². The number of benzene rings is 1. The monoisotopic (exact) mass is 351 g/mol. The van der Waals surface area contributed by atoms with Gasteiger partial charge in [0.1, 0.15) is 17.2 Å². The fourth-order valence-electron chi connectivity index (χ4n) is 1.84. The predicted molar refractivity (Wildman–Crippen MR) is 88.5 cm³/mol. The van der Waals surface area contributed by atoms with E-state index in [9.17, 15) is 0 Å². The summed E-state index contributed by atoms with van der Waals surface area (Å²) in [6.07, 6.45) is 3.64. The largest absolute Gasteiger partial charge is 0.370 e. The maximum absolute atomic E-state index is 4.44. The van der Waals surface area contributed by atoms with Gasteiger partial charge < -0.3 is 5.32 Å². The highest BCUT2D eigenvalue weighted by molar-refractivity contribution is 9.10. The number of hydrogen-bond acceptors (Lipinski definition) is 4. The minimum absolute atomic E-state index is 0.920. The molecule has 5 heteroatoms. The molecular weight excluding hydrogens is 334 g/mol. The highest BCUT2D eigenvalue weighted by Gasteiger charge is 2.10. The van der Waals surface area contributed by atoms with E-state index >= 15 is 0 Å². The van der Waals surface area contributed by atoms with Crippen LogP contribution in [-0.4, -0.2) is 16.5 Å². The number of anilines is 1. The molecule has 0 fully saturated rings. The molecule has 0 bridgehead atoms. The van der Waals surface area contributed by atoms with Crippen molar-refractivity contribution in [2.75, 3.05) is 11.9 Å². The summed E-state index contributed by atoms with van der Waals surface area (Å²) in [5.74, 6) is 0.960. The third-order valence-corrected chi connectivity index (χ3v) is 4.34. The molecule has 106 valence electrons. The number of aromatic nitrogens is 2. The summed E-state index contributed by atoms with van der Waals surface area (Å²) < 4.78 is 1.08. The Hall–Kier alpha value is -1.07. The number of nitrogens with zero attached hydrogens (tertiary/aromatic N) is 2. The minimum Gasteiger partial charge on any atom is -0.370 e. The van der Waals surface area contributed by atoms with Crippen molar-refractivity contribution in [3.8, 4) is 0 Å². The first-order valence-corrected chi connectivity index (χ1v) is 8.36. The van der Waals surface area contributed by atoms with Gasteiger partial charge in [0.2, 0.25) is 0 Å². The second kappa shape index (κ2) is 7.64. The fourth-order valence-corrected chi connectivity index (χ4v) is 3.41. The molecule has 0 aliphatic heterocycles. The van der Waals surface area contributed by atoms with Crippen LogP contribution in [0.25, 0.3) is 0 Å². The number of hydrogen-bond donors (Lipinski definition) is 1. The summed E-state index contributed by atoms with van der Waals surface area (Å²) in [6, 6.07) is 8.26. The molecule has 0 unspecified atom stereocenters. The molecule has 1 aromatic carbocycles. The van der Waals surface area contributed by atoms with Crippen LogP contribution in [0.1, 0.15) is 25.8 Å². The Morgan fingerprint density at radius 1 is 1.25 bits per heavy atom. The Labute approximate surface area is 132 Å². The van der Waals surface area contributed by atoms with Crippen molar-refractivity contribution in [3.63, 3.8) is 0 Å². The Morgan fingerprint density at radius 2 is 2.10 bits per heavy atom. The van der Waals surface area contributed by atoms with E-state index in [1.807, 2.05) is 12.1 Å². The van der Waals surface area contributed by atoms with Gasteiger partial charge in [-0.1, -0.05) is 47.6 Å². The quantitative estimate of drug-likeness (QED) is 0.760. The maximum Gasteiger partial charge on any atom is 0.133 e. The van der Waals surface area contributed by atoms with Crippen LogP contribution in [0.3, 0.4) is 0 Å². The van der Waals surface area contributed by atoms with Gasteiger partial charge in [0.05, 0.1) is 0 Å². The van der Waals surface area contributed by atoms with E-state index in [2.05, 4.69) is 57.2 Å². The third-order valence-electron chi connectivity index (χ3n) is 2.81. The van der Waals surface area contributed by atoms with Crippen molar-refractivity contribution < 1.29 is 0 Å². The number of halogens is 1. The number of rotatable bonds is 6. The van der Waals surface area contributed by atoms with Crippen LogP contribution in [0.15, 0.2) is 45.0 Å². The minimum atomic E-state index is 0.920. The van der Waals surface area contributed by atoms with E-state index < -0.39 is 0 Å². The van der Waals surface area contributed by atoms with Crippen molar-refractivity contribution in [1.29, 1.82) is 0 Å². The molecule has 0 amide bonds. The van der Waals surface area contributed by atoms with Crippen molar-refractivity contribution in [2.45, 2.75) is 36.6 Å². The molecule has 0 saturated carbocycles. The lowest BCUT2D eigenvalue weighted by molar-refractivity contribution is 0.911. The van der Waals surface area contributed by atoms with E-state index in [-0.39, 0.29) is 0 Å². The molecule has 2 rings (SSSR count). The van der Waals surface area contributed by atoms with Crippen molar-refractivity contribution in [2.24, 2.45) is 0 Å². The van der Waals surface area contributed by atoms with Gasteiger partial charge in [-0.05, 0) is 31.0 Å². The maximum atomic E-state index is 4.44. The molecular formula is C15H18BrN3S. The van der Waals surface area contributed by atoms with Crippen LogP contribution in [-0.2, 0) is 6.42 Å². The van der Waals surface area contributed by atoms with Crippen LogP contribution in [0.4, 0.5) is 5.82 Å². The van der Waals surface area contributed by atoms with Gasteiger partial charge in [0, 0.05) is 21.5 Å². The van der Waals surface area contributed by atoms with Crippen LogP contribution in [0.5, 0.6) is 0 Å². The zero-order valence-corrected chi connectivity index (χ0v) is 14.1. The average Bonchev–Trinajstić information content (AvgIpc) is 2.45. The van der Waals surface area contributed by atoms with Crippen LogP contribution < -0.4 is 5.32 Å². The zero-order valence-electron chi connectivity index (χ0n) is 11.7. The summed E-state index contributed by atoms with van der Waals surface area (Å²) in [5, 5.41) is 4.40. The molecule has 0 aliphatic carbocycles. The SMILES string of the molecule is CCCNc1ncnc(Sc2cccc(Br)c2)c1CC. The summed E-state index contributed by atoms with van der Waals surface area (Å²) >= 11 is 5.18. The summed E-state index contributed by atoms with van der Waals surface area (Å²) in [7, 11) is 0. The number of nitrogens with one attached hydrogen (secondary N) is 1. The smallest absolute Gasteiger partial charge is 0.133 e. The summed E-state index contributed by atoms with van der Waals surface area (Å²) in [6.45, 7) is 5.22. The Balaban J connectivity index is 2.26. The van der Waals surface area contributed by atoms with Gasteiger partial charge in [-0.25, -0.2) is 9.97 Å². The van der Waals surface area contributed by atoms with Crippen LogP contribution >= 0.6 is 27.7 Å². The molecule has 1 N–H and O–H groups in total. The molecule has 0 spiro atoms. The van der Waals surface area contributed by atoms with Gasteiger partial charge >= 0.3 is 0 Å². The second-order valence-electron chi connectivity index (χ2n) is 4.35. The van der Waals surface area contributed by atoms with Crippen LogP contribution in [0.2, 0.25) is 0 Å². The fraction of sp³-hybridized carbons (Fsp3) is 0.333. The molecule has 20 heavy (non-hydrogen) atoms. The molecule has 0 atom stereocenters. The molecule has 0 aliphatic rings. The Bertz CT molecular complexity index is 575. The standard InChI is InChI=1S/C15H18BrN3S/c1-3-8-17-14-13(4-2)15(19-10-18-14)20-12-7-5-6-11(16)9-12/h5-7,9-10H,3-4,8H2,1-2H3,(H,17,18,19). The van der Waals surface area contributed by atoms with E-state index in [0.29, 0.717) is 0 Å². The highest BCUT2D eigenvalue weighted by atomic mass is 79.9. The molecule has 0 saturated heterocycles. The Kier molecular flexibility index (Phi) is 5.86. The van der Waals surface area contributed by atoms with E-state index in [0.717, 1.165) is 34.7 Å². The van der Waals surface area contributed by atoms with Crippen molar-refractivity contribution >= 4 is 33.5 Å². The van der Waals surface area contributed by atoms with Gasteiger partial charge in [0.15, 0.2) is 0 Å². The molecule has 0 radical (unpaired) electrons. The normalized spacial score (nSPS) is 10.6. The first-order chi connectivity index (χ1) is 9.74. The van der Waals surface area contributed by atoms with E-state index in [1.54, 1.807) is 18.1 Å². The molecule has 1 aromatic heterocycles. The lowest BCUT2D eigenvalue weighted by atomic mass is 10.2. The first-order valence-electron chi connectivity index (χ1n) is 6.75. The van der Waals surface area contributed by atoms with Gasteiger partial charge in [-0.2, -0.15) is 0 Å². The van der Waals surface area contributed by atoms with Crippen LogP contribution in [0, 0.1) is 0 Å². The van der Waals surface area contributed by atoms with Crippen molar-refractivity contribution in [1.82, 2.24) is 9.97 Å². The Morgan fingerprint density at radius 3 is 2.80 bits per heavy atom. The lowest BCUT2D eigenvalue weighted by Gasteiger charge is -2.12. The lowest BCUT2D eigenvalue weighted by Crippen LogP contribution is -2.06. The second-order valence-corrected chi connectivity index (χ2v) is 6.32. The summed E-state index contributed by atoms with van der Waals surface area (Å²) in [4.78, 5) is 9.98. The topological polar surface area (TPSA) is 37.8 Å².